The molecule has 2 rings (SSSR count). The molecule has 1 saturated heterocycles. The van der Waals surface area contributed by atoms with Crippen LogP contribution in [0.5, 0.6) is 11.5 Å². The monoisotopic (exact) mass is 320 g/mol. The first-order chi connectivity index (χ1) is 11.0. The zero-order valence-corrected chi connectivity index (χ0v) is 13.3. The largest absolute Gasteiger partial charge is 0.493 e. The maximum atomic E-state index is 12.2. The maximum absolute atomic E-state index is 12.2. The molecular formula is C16H20N2O5. The molecular weight excluding hydrogens is 300 g/mol. The Labute approximate surface area is 134 Å². The van der Waals surface area contributed by atoms with Crippen LogP contribution in [0.25, 0.3) is 0 Å². The fraction of sp³-hybridized carbons (Fsp3) is 0.438. The van der Waals surface area contributed by atoms with Crippen molar-refractivity contribution < 1.29 is 23.9 Å². The molecule has 0 atom stereocenters. The van der Waals surface area contributed by atoms with Crippen molar-refractivity contribution in [3.8, 4) is 11.5 Å². The van der Waals surface area contributed by atoms with Gasteiger partial charge in [-0.2, -0.15) is 0 Å². The minimum atomic E-state index is -0.186. The average Bonchev–Trinajstić information content (AvgIpc) is 2.58. The van der Waals surface area contributed by atoms with Gasteiger partial charge in [-0.15, -0.1) is 0 Å². The van der Waals surface area contributed by atoms with E-state index in [0.717, 1.165) is 0 Å². The molecule has 0 unspecified atom stereocenters. The van der Waals surface area contributed by atoms with Gasteiger partial charge in [0.1, 0.15) is 0 Å². The summed E-state index contributed by atoms with van der Waals surface area (Å²) in [5.74, 6) is 0.502. The Kier molecular flexibility index (Phi) is 5.56. The van der Waals surface area contributed by atoms with Crippen LogP contribution in [0, 0.1) is 0 Å². The smallest absolute Gasteiger partial charge is 0.239 e. The van der Waals surface area contributed by atoms with Gasteiger partial charge >= 0.3 is 0 Å². The fourth-order valence-electron chi connectivity index (χ4n) is 2.38. The van der Waals surface area contributed by atoms with Crippen LogP contribution in [0.4, 0.5) is 0 Å². The van der Waals surface area contributed by atoms with Gasteiger partial charge in [0.15, 0.2) is 17.3 Å². The maximum Gasteiger partial charge on any atom is 0.239 e. The summed E-state index contributed by atoms with van der Waals surface area (Å²) in [5.41, 5.74) is 0.465. The van der Waals surface area contributed by atoms with Crippen LogP contribution in [-0.4, -0.2) is 56.4 Å². The van der Waals surface area contributed by atoms with E-state index in [1.54, 1.807) is 18.2 Å². The second-order valence-corrected chi connectivity index (χ2v) is 5.16. The normalized spacial score (nSPS) is 14.2. The number of carbonyl (C=O) groups excluding carboxylic acids is 3. The van der Waals surface area contributed by atoms with Crippen LogP contribution >= 0.6 is 0 Å². The lowest BCUT2D eigenvalue weighted by molar-refractivity contribution is -0.138. The molecule has 1 aliphatic rings. The average molecular weight is 320 g/mol. The molecule has 1 heterocycles. The number of Topliss-reactive ketones (excluding diaryl/α,β-unsaturated/α-hetero) is 1. The topological polar surface area (TPSA) is 84.9 Å². The molecule has 7 heteroatoms. The highest BCUT2D eigenvalue weighted by Gasteiger charge is 2.21. The lowest BCUT2D eigenvalue weighted by Gasteiger charge is -2.26. The van der Waals surface area contributed by atoms with Crippen LogP contribution in [-0.2, 0) is 9.59 Å². The lowest BCUT2D eigenvalue weighted by Crippen LogP contribution is -2.50. The van der Waals surface area contributed by atoms with E-state index in [-0.39, 0.29) is 37.0 Å². The van der Waals surface area contributed by atoms with Crippen LogP contribution in [0.2, 0.25) is 0 Å². The van der Waals surface area contributed by atoms with Crippen LogP contribution in [0.1, 0.15) is 23.2 Å². The van der Waals surface area contributed by atoms with Crippen molar-refractivity contribution >= 4 is 17.6 Å². The van der Waals surface area contributed by atoms with Gasteiger partial charge in [0, 0.05) is 31.5 Å². The summed E-state index contributed by atoms with van der Waals surface area (Å²) in [6.07, 6.45) is 0.174. The molecule has 1 aromatic carbocycles. The van der Waals surface area contributed by atoms with Gasteiger partial charge in [0.25, 0.3) is 0 Å². The molecule has 0 aliphatic carbocycles. The van der Waals surface area contributed by atoms with E-state index < -0.39 is 0 Å². The third-order valence-electron chi connectivity index (χ3n) is 3.66. The molecule has 1 aliphatic heterocycles. The van der Waals surface area contributed by atoms with Crippen LogP contribution in [0.3, 0.4) is 0 Å². The zero-order valence-electron chi connectivity index (χ0n) is 13.3. The summed E-state index contributed by atoms with van der Waals surface area (Å²) in [5, 5.41) is 2.66. The number of nitrogens with one attached hydrogen (secondary N) is 1. The highest BCUT2D eigenvalue weighted by Crippen LogP contribution is 2.28. The molecule has 1 aromatic rings. The molecule has 7 nitrogen and oxygen atoms in total. The summed E-state index contributed by atoms with van der Waals surface area (Å²) < 4.78 is 10.3. The summed E-state index contributed by atoms with van der Waals surface area (Å²) in [6, 6.07) is 4.89. The number of ether oxygens (including phenoxy) is 2. The van der Waals surface area contributed by atoms with Gasteiger partial charge in [-0.1, -0.05) is 0 Å². The van der Waals surface area contributed by atoms with Gasteiger partial charge in [-0.3, -0.25) is 14.4 Å². The van der Waals surface area contributed by atoms with Crippen molar-refractivity contribution in [2.75, 3.05) is 33.9 Å². The van der Waals surface area contributed by atoms with E-state index in [1.165, 1.54) is 19.1 Å². The van der Waals surface area contributed by atoms with Crippen molar-refractivity contribution in [3.05, 3.63) is 23.8 Å². The number of ketones is 1. The summed E-state index contributed by atoms with van der Waals surface area (Å²) >= 11 is 0. The van der Waals surface area contributed by atoms with E-state index in [2.05, 4.69) is 5.32 Å². The predicted molar refractivity (Wildman–Crippen MR) is 82.7 cm³/mol. The highest BCUT2D eigenvalue weighted by molar-refractivity contribution is 5.98. The molecule has 0 radical (unpaired) electrons. The van der Waals surface area contributed by atoms with Gasteiger partial charge < -0.3 is 19.7 Å². The number of benzene rings is 1. The Balaban J connectivity index is 1.94. The summed E-state index contributed by atoms with van der Waals surface area (Å²) in [6.45, 7) is 0.993. The molecule has 1 N–H and O–H groups in total. The first-order valence-corrected chi connectivity index (χ1v) is 7.35. The Morgan fingerprint density at radius 1 is 1.17 bits per heavy atom. The molecule has 0 aromatic heterocycles. The number of piperazine rings is 1. The first-order valence-electron chi connectivity index (χ1n) is 7.35. The number of hydrogen-bond acceptors (Lipinski definition) is 5. The molecule has 0 saturated carbocycles. The Bertz CT molecular complexity index is 614. The third kappa shape index (κ3) is 4.21. The molecule has 0 spiro atoms. The summed E-state index contributed by atoms with van der Waals surface area (Å²) in [4.78, 5) is 37.0. The molecule has 1 fully saturated rings. The van der Waals surface area contributed by atoms with Crippen molar-refractivity contribution in [2.45, 2.75) is 12.8 Å². The van der Waals surface area contributed by atoms with Crippen molar-refractivity contribution in [1.82, 2.24) is 10.2 Å². The number of nitrogens with zero attached hydrogens (tertiary/aromatic N) is 1. The Morgan fingerprint density at radius 3 is 2.57 bits per heavy atom. The SMILES string of the molecule is COc1ccc(C(=O)CCC(=O)N2CCNC(=O)C2)cc1OC. The molecule has 124 valence electrons. The van der Waals surface area contributed by atoms with Crippen molar-refractivity contribution in [2.24, 2.45) is 0 Å². The number of methoxy groups -OCH3 is 2. The second-order valence-electron chi connectivity index (χ2n) is 5.16. The summed E-state index contributed by atoms with van der Waals surface area (Å²) in [7, 11) is 3.02. The van der Waals surface area contributed by atoms with Gasteiger partial charge in [0.05, 0.1) is 20.8 Å². The number of rotatable bonds is 6. The minimum absolute atomic E-state index is 0.0589. The minimum Gasteiger partial charge on any atom is -0.493 e. The predicted octanol–water partition coefficient (Wildman–Crippen LogP) is 0.625. The van der Waals surface area contributed by atoms with E-state index >= 15 is 0 Å². The van der Waals surface area contributed by atoms with E-state index in [9.17, 15) is 14.4 Å². The van der Waals surface area contributed by atoms with Crippen LogP contribution in [0.15, 0.2) is 18.2 Å². The highest BCUT2D eigenvalue weighted by atomic mass is 16.5. The fourth-order valence-corrected chi connectivity index (χ4v) is 2.38. The molecule has 23 heavy (non-hydrogen) atoms. The Hall–Kier alpha value is -2.57. The third-order valence-corrected chi connectivity index (χ3v) is 3.66. The van der Waals surface area contributed by atoms with Crippen molar-refractivity contribution in [1.29, 1.82) is 0 Å². The number of amides is 2. The Morgan fingerprint density at radius 2 is 1.91 bits per heavy atom. The number of carbonyl (C=O) groups is 3. The van der Waals surface area contributed by atoms with Crippen molar-refractivity contribution in [3.63, 3.8) is 0 Å². The van der Waals surface area contributed by atoms with Gasteiger partial charge in [-0.25, -0.2) is 0 Å². The van der Waals surface area contributed by atoms with Gasteiger partial charge in [-0.05, 0) is 18.2 Å². The zero-order chi connectivity index (χ0) is 16.8. The quantitative estimate of drug-likeness (QED) is 0.777. The van der Waals surface area contributed by atoms with E-state index in [4.69, 9.17) is 9.47 Å². The van der Waals surface area contributed by atoms with Gasteiger partial charge in [0.2, 0.25) is 11.8 Å². The standard InChI is InChI=1S/C16H20N2O5/c1-22-13-5-3-11(9-14(13)23-2)12(19)4-6-16(21)18-8-7-17-15(20)10-18/h3,5,9H,4,6-8,10H2,1-2H3,(H,17,20). The first kappa shape index (κ1) is 16.8. The molecule has 0 bridgehead atoms. The van der Waals surface area contributed by atoms with E-state index in [0.29, 0.717) is 30.2 Å². The van der Waals surface area contributed by atoms with E-state index in [1.807, 2.05) is 0 Å². The van der Waals surface area contributed by atoms with Crippen LogP contribution < -0.4 is 14.8 Å². The second kappa shape index (κ2) is 7.62. The number of hydrogen-bond donors (Lipinski definition) is 1. The lowest BCUT2D eigenvalue weighted by atomic mass is 10.1. The molecule has 2 amide bonds.